The molecule has 0 saturated heterocycles. The number of methoxy groups -OCH3 is 1. The number of carboxylic acid groups (broad SMARTS) is 1. The molecule has 0 heterocycles. The van der Waals surface area contributed by atoms with Gasteiger partial charge in [-0.25, -0.2) is 0 Å². The summed E-state index contributed by atoms with van der Waals surface area (Å²) in [4.78, 5) is 24.7. The number of hydrogen-bond acceptors (Lipinski definition) is 3. The molecule has 2 aromatic carbocycles. The van der Waals surface area contributed by atoms with Crippen LogP contribution in [0.3, 0.4) is 0 Å². The van der Waals surface area contributed by atoms with E-state index in [4.69, 9.17) is 4.74 Å². The van der Waals surface area contributed by atoms with E-state index in [0.717, 1.165) is 11.3 Å². The Morgan fingerprint density at radius 2 is 1.59 bits per heavy atom. The number of carbonyl (C=O) groups excluding carboxylic acids is 1. The van der Waals surface area contributed by atoms with Crippen molar-refractivity contribution in [3.63, 3.8) is 0 Å². The number of carboxylic acids is 1. The smallest absolute Gasteiger partial charge is 0.315 e. The maximum absolute atomic E-state index is 12.8. The summed E-state index contributed by atoms with van der Waals surface area (Å²) in [5, 5.41) is 12.6. The van der Waals surface area contributed by atoms with Gasteiger partial charge < -0.3 is 15.2 Å². The number of amides is 1. The van der Waals surface area contributed by atoms with Crippen molar-refractivity contribution in [2.75, 3.05) is 13.7 Å². The van der Waals surface area contributed by atoms with E-state index in [2.05, 4.69) is 5.32 Å². The summed E-state index contributed by atoms with van der Waals surface area (Å²) in [6.45, 7) is 5.32. The molecule has 5 heteroatoms. The third-order valence-electron chi connectivity index (χ3n) is 4.93. The number of ether oxygens (including phenoxy) is 1. The van der Waals surface area contributed by atoms with Crippen LogP contribution in [-0.2, 0) is 21.4 Å². The van der Waals surface area contributed by atoms with Gasteiger partial charge in [0, 0.05) is 12.0 Å². The predicted octanol–water partition coefficient (Wildman–Crippen LogP) is 3.42. The molecule has 0 aliphatic carbocycles. The summed E-state index contributed by atoms with van der Waals surface area (Å²) in [5.41, 5.74) is -0.327. The van der Waals surface area contributed by atoms with E-state index in [9.17, 15) is 14.7 Å². The van der Waals surface area contributed by atoms with E-state index in [0.29, 0.717) is 12.0 Å². The first kappa shape index (κ1) is 20.5. The molecule has 144 valence electrons. The van der Waals surface area contributed by atoms with Crippen LogP contribution in [0.4, 0.5) is 0 Å². The number of aliphatic carboxylic acids is 1. The van der Waals surface area contributed by atoms with Crippen LogP contribution in [0.15, 0.2) is 54.6 Å². The molecule has 2 aromatic rings. The van der Waals surface area contributed by atoms with Crippen LogP contribution in [0.25, 0.3) is 0 Å². The SMILES string of the molecule is COc1ccccc1CC(C)(C)C(=O)NCC(C)(C(=O)O)c1ccccc1. The lowest BCUT2D eigenvalue weighted by Crippen LogP contribution is -2.48. The van der Waals surface area contributed by atoms with E-state index in [1.54, 1.807) is 38.3 Å². The molecule has 1 amide bonds. The lowest BCUT2D eigenvalue weighted by Gasteiger charge is -2.29. The number of hydrogen-bond donors (Lipinski definition) is 2. The second-order valence-electron chi connectivity index (χ2n) is 7.56. The molecule has 1 unspecified atom stereocenters. The Kier molecular flexibility index (Phi) is 6.26. The number of rotatable bonds is 8. The third-order valence-corrected chi connectivity index (χ3v) is 4.93. The van der Waals surface area contributed by atoms with E-state index in [-0.39, 0.29) is 12.5 Å². The molecule has 0 aromatic heterocycles. The van der Waals surface area contributed by atoms with Gasteiger partial charge in [0.25, 0.3) is 0 Å². The molecule has 5 nitrogen and oxygen atoms in total. The third kappa shape index (κ3) is 4.67. The fourth-order valence-electron chi connectivity index (χ4n) is 3.01. The Balaban J connectivity index is 2.13. The molecule has 2 N–H and O–H groups in total. The van der Waals surface area contributed by atoms with E-state index >= 15 is 0 Å². The van der Waals surface area contributed by atoms with Gasteiger partial charge in [-0.3, -0.25) is 9.59 Å². The van der Waals surface area contributed by atoms with Gasteiger partial charge in [0.05, 0.1) is 7.11 Å². The summed E-state index contributed by atoms with van der Waals surface area (Å²) in [6.07, 6.45) is 0.484. The van der Waals surface area contributed by atoms with Crippen LogP contribution >= 0.6 is 0 Å². The Morgan fingerprint density at radius 1 is 1.00 bits per heavy atom. The average molecular weight is 369 g/mol. The summed E-state index contributed by atoms with van der Waals surface area (Å²) in [5.74, 6) is -0.439. The Morgan fingerprint density at radius 3 is 2.19 bits per heavy atom. The largest absolute Gasteiger partial charge is 0.496 e. The molecule has 2 rings (SSSR count). The van der Waals surface area contributed by atoms with Crippen molar-refractivity contribution in [1.82, 2.24) is 5.32 Å². The second kappa shape index (κ2) is 8.25. The number of carbonyl (C=O) groups is 2. The molecule has 27 heavy (non-hydrogen) atoms. The van der Waals surface area contributed by atoms with Crippen molar-refractivity contribution in [2.24, 2.45) is 5.41 Å². The minimum Gasteiger partial charge on any atom is -0.496 e. The highest BCUT2D eigenvalue weighted by molar-refractivity contribution is 5.85. The zero-order chi connectivity index (χ0) is 20.1. The molecule has 0 fully saturated rings. The molecule has 0 spiro atoms. The minimum atomic E-state index is -1.20. The minimum absolute atomic E-state index is 0.0144. The number of para-hydroxylation sites is 1. The fraction of sp³-hybridized carbons (Fsp3) is 0.364. The predicted molar refractivity (Wildman–Crippen MR) is 105 cm³/mol. The first-order chi connectivity index (χ1) is 12.7. The monoisotopic (exact) mass is 369 g/mol. The zero-order valence-electron chi connectivity index (χ0n) is 16.3. The van der Waals surface area contributed by atoms with Crippen LogP contribution in [0, 0.1) is 5.41 Å². The van der Waals surface area contributed by atoms with Crippen molar-refractivity contribution in [2.45, 2.75) is 32.6 Å². The van der Waals surface area contributed by atoms with Crippen LogP contribution in [0.2, 0.25) is 0 Å². The van der Waals surface area contributed by atoms with Gasteiger partial charge in [-0.15, -0.1) is 0 Å². The maximum atomic E-state index is 12.8. The Labute approximate surface area is 160 Å². The van der Waals surface area contributed by atoms with Crippen molar-refractivity contribution in [3.05, 3.63) is 65.7 Å². The topological polar surface area (TPSA) is 75.6 Å². The van der Waals surface area contributed by atoms with Gasteiger partial charge >= 0.3 is 5.97 Å². The molecular weight excluding hydrogens is 342 g/mol. The lowest BCUT2D eigenvalue weighted by molar-refractivity contribution is -0.143. The molecule has 0 aliphatic heterocycles. The number of benzene rings is 2. The standard InChI is InChI=1S/C22H27NO4/c1-21(2,14-16-10-8-9-13-18(16)27-4)19(24)23-15-22(3,20(25)26)17-11-6-5-7-12-17/h5-13H,14-15H2,1-4H3,(H,23,24)(H,25,26). The van der Waals surface area contributed by atoms with Crippen LogP contribution in [0.5, 0.6) is 5.75 Å². The first-order valence-electron chi connectivity index (χ1n) is 8.90. The fourth-order valence-corrected chi connectivity index (χ4v) is 3.01. The quantitative estimate of drug-likeness (QED) is 0.748. The molecule has 0 saturated carbocycles. The van der Waals surface area contributed by atoms with Gasteiger partial charge in [-0.2, -0.15) is 0 Å². The molecular formula is C22H27NO4. The number of nitrogens with one attached hydrogen (secondary N) is 1. The molecule has 0 aliphatic rings. The van der Waals surface area contributed by atoms with Gasteiger partial charge in [0.2, 0.25) is 5.91 Å². The van der Waals surface area contributed by atoms with Gasteiger partial charge in [0.1, 0.15) is 11.2 Å². The summed E-state index contributed by atoms with van der Waals surface area (Å²) < 4.78 is 5.37. The van der Waals surface area contributed by atoms with Crippen molar-refractivity contribution >= 4 is 11.9 Å². The van der Waals surface area contributed by atoms with Crippen LogP contribution < -0.4 is 10.1 Å². The highest BCUT2D eigenvalue weighted by Gasteiger charge is 2.37. The van der Waals surface area contributed by atoms with E-state index < -0.39 is 16.8 Å². The van der Waals surface area contributed by atoms with Crippen molar-refractivity contribution < 1.29 is 19.4 Å². The van der Waals surface area contributed by atoms with Crippen molar-refractivity contribution in [3.8, 4) is 5.75 Å². The summed E-state index contributed by atoms with van der Waals surface area (Å²) in [7, 11) is 1.60. The normalized spacial score (nSPS) is 13.5. The lowest BCUT2D eigenvalue weighted by atomic mass is 9.81. The zero-order valence-corrected chi connectivity index (χ0v) is 16.3. The van der Waals surface area contributed by atoms with E-state index in [1.807, 2.05) is 44.2 Å². The first-order valence-corrected chi connectivity index (χ1v) is 8.90. The second-order valence-corrected chi connectivity index (χ2v) is 7.56. The van der Waals surface area contributed by atoms with Gasteiger partial charge in [-0.05, 0) is 30.5 Å². The van der Waals surface area contributed by atoms with E-state index in [1.165, 1.54) is 0 Å². The molecule has 0 bridgehead atoms. The van der Waals surface area contributed by atoms with Crippen LogP contribution in [0.1, 0.15) is 31.9 Å². The van der Waals surface area contributed by atoms with Gasteiger partial charge in [0.15, 0.2) is 0 Å². The van der Waals surface area contributed by atoms with Crippen LogP contribution in [-0.4, -0.2) is 30.6 Å². The highest BCUT2D eigenvalue weighted by atomic mass is 16.5. The summed E-state index contributed by atoms with van der Waals surface area (Å²) in [6, 6.07) is 16.5. The maximum Gasteiger partial charge on any atom is 0.315 e. The van der Waals surface area contributed by atoms with Crippen molar-refractivity contribution in [1.29, 1.82) is 0 Å². The molecule has 1 atom stereocenters. The molecule has 0 radical (unpaired) electrons. The average Bonchev–Trinajstić information content (AvgIpc) is 2.66. The Bertz CT molecular complexity index is 801. The highest BCUT2D eigenvalue weighted by Crippen LogP contribution is 2.29. The Hall–Kier alpha value is -2.82. The summed E-state index contributed by atoms with van der Waals surface area (Å²) >= 11 is 0. The van der Waals surface area contributed by atoms with Gasteiger partial charge in [-0.1, -0.05) is 62.4 Å².